The first-order valence-electron chi connectivity index (χ1n) is 6.90. The molecule has 0 aromatic rings. The summed E-state index contributed by atoms with van der Waals surface area (Å²) < 4.78 is 0. The summed E-state index contributed by atoms with van der Waals surface area (Å²) in [6, 6.07) is 0.581. The zero-order valence-electron chi connectivity index (χ0n) is 12.2. The summed E-state index contributed by atoms with van der Waals surface area (Å²) in [6.07, 6.45) is 1.14. The van der Waals surface area contributed by atoms with Crippen molar-refractivity contribution >= 4 is 5.91 Å². The molecule has 2 atom stereocenters. The molecule has 1 fully saturated rings. The van der Waals surface area contributed by atoms with Crippen LogP contribution in [0.4, 0.5) is 0 Å². The second kappa shape index (κ2) is 6.50. The van der Waals surface area contributed by atoms with Gasteiger partial charge in [0.1, 0.15) is 5.54 Å². The third kappa shape index (κ3) is 3.67. The van der Waals surface area contributed by atoms with Crippen LogP contribution in [0.5, 0.6) is 0 Å². The highest BCUT2D eigenvalue weighted by Crippen LogP contribution is 2.14. The second-order valence-corrected chi connectivity index (χ2v) is 5.50. The van der Waals surface area contributed by atoms with E-state index in [1.807, 2.05) is 13.8 Å². The van der Waals surface area contributed by atoms with Gasteiger partial charge >= 0.3 is 0 Å². The summed E-state index contributed by atoms with van der Waals surface area (Å²) >= 11 is 0. The van der Waals surface area contributed by atoms with Crippen molar-refractivity contribution in [2.45, 2.75) is 38.8 Å². The SMILES string of the molecule is CCNC(C)(CN1CCN(C)C(CC)C1)C(N)=O. The number of rotatable bonds is 6. The van der Waals surface area contributed by atoms with Crippen LogP contribution in [0.25, 0.3) is 0 Å². The number of hydrogen-bond acceptors (Lipinski definition) is 4. The fourth-order valence-electron chi connectivity index (χ4n) is 2.65. The first kappa shape index (κ1) is 15.4. The van der Waals surface area contributed by atoms with Crippen molar-refractivity contribution in [2.75, 3.05) is 39.8 Å². The predicted molar refractivity (Wildman–Crippen MR) is 74.4 cm³/mol. The molecule has 0 spiro atoms. The van der Waals surface area contributed by atoms with E-state index in [0.29, 0.717) is 12.6 Å². The molecule has 0 bridgehead atoms. The molecule has 1 aliphatic heterocycles. The summed E-state index contributed by atoms with van der Waals surface area (Å²) in [4.78, 5) is 16.4. The lowest BCUT2D eigenvalue weighted by Crippen LogP contribution is -2.62. The lowest BCUT2D eigenvalue weighted by molar-refractivity contribution is -0.124. The zero-order valence-corrected chi connectivity index (χ0v) is 12.2. The Morgan fingerprint density at radius 1 is 1.44 bits per heavy atom. The number of primary amides is 1. The molecule has 0 aliphatic carbocycles. The second-order valence-electron chi connectivity index (χ2n) is 5.50. The number of likely N-dealkylation sites (N-methyl/N-ethyl adjacent to an activating group) is 2. The fourth-order valence-corrected chi connectivity index (χ4v) is 2.65. The van der Waals surface area contributed by atoms with Crippen LogP contribution in [-0.4, -0.2) is 67.1 Å². The number of piperazine rings is 1. The molecule has 2 unspecified atom stereocenters. The van der Waals surface area contributed by atoms with Gasteiger partial charge in [-0.3, -0.25) is 9.69 Å². The minimum absolute atomic E-state index is 0.267. The average molecular weight is 256 g/mol. The van der Waals surface area contributed by atoms with Crippen molar-refractivity contribution in [3.8, 4) is 0 Å². The zero-order chi connectivity index (χ0) is 13.8. The van der Waals surface area contributed by atoms with Crippen LogP contribution >= 0.6 is 0 Å². The molecule has 0 aromatic heterocycles. The molecule has 18 heavy (non-hydrogen) atoms. The van der Waals surface area contributed by atoms with E-state index in [-0.39, 0.29) is 5.91 Å². The van der Waals surface area contributed by atoms with E-state index in [4.69, 9.17) is 5.73 Å². The van der Waals surface area contributed by atoms with Crippen LogP contribution in [0, 0.1) is 0 Å². The van der Waals surface area contributed by atoms with Gasteiger partial charge in [-0.2, -0.15) is 0 Å². The van der Waals surface area contributed by atoms with Gasteiger partial charge in [0.15, 0.2) is 0 Å². The highest BCUT2D eigenvalue weighted by atomic mass is 16.1. The van der Waals surface area contributed by atoms with Gasteiger partial charge in [0.2, 0.25) is 5.91 Å². The molecule has 1 aliphatic rings. The number of carbonyl (C=O) groups is 1. The van der Waals surface area contributed by atoms with Gasteiger partial charge in [0.25, 0.3) is 0 Å². The molecule has 5 nitrogen and oxygen atoms in total. The van der Waals surface area contributed by atoms with Crippen LogP contribution in [0.1, 0.15) is 27.2 Å². The van der Waals surface area contributed by atoms with E-state index in [2.05, 4.69) is 29.1 Å². The molecule has 106 valence electrons. The highest BCUT2D eigenvalue weighted by molar-refractivity contribution is 5.84. The molecule has 1 rings (SSSR count). The van der Waals surface area contributed by atoms with E-state index in [1.54, 1.807) is 0 Å². The number of carbonyl (C=O) groups excluding carboxylic acids is 1. The summed E-state index contributed by atoms with van der Waals surface area (Å²) in [5.41, 5.74) is 4.91. The summed E-state index contributed by atoms with van der Waals surface area (Å²) in [6.45, 7) is 10.6. The maximum absolute atomic E-state index is 11.6. The Labute approximate surface area is 111 Å². The number of nitrogens with two attached hydrogens (primary N) is 1. The maximum Gasteiger partial charge on any atom is 0.238 e. The largest absolute Gasteiger partial charge is 0.368 e. The van der Waals surface area contributed by atoms with Gasteiger partial charge in [0, 0.05) is 32.2 Å². The molecule has 0 aromatic carbocycles. The van der Waals surface area contributed by atoms with Crippen LogP contribution in [0.2, 0.25) is 0 Å². The maximum atomic E-state index is 11.6. The van der Waals surface area contributed by atoms with Crippen LogP contribution in [-0.2, 0) is 4.79 Å². The van der Waals surface area contributed by atoms with Crippen molar-refractivity contribution in [1.82, 2.24) is 15.1 Å². The molecule has 0 radical (unpaired) electrons. The monoisotopic (exact) mass is 256 g/mol. The number of amides is 1. The molecule has 1 saturated heterocycles. The van der Waals surface area contributed by atoms with Crippen molar-refractivity contribution < 1.29 is 4.79 Å². The van der Waals surface area contributed by atoms with Crippen molar-refractivity contribution in [3.63, 3.8) is 0 Å². The van der Waals surface area contributed by atoms with Gasteiger partial charge in [-0.25, -0.2) is 0 Å². The lowest BCUT2D eigenvalue weighted by Gasteiger charge is -2.42. The summed E-state index contributed by atoms with van der Waals surface area (Å²) in [5, 5.41) is 3.22. The van der Waals surface area contributed by atoms with Gasteiger partial charge in [-0.05, 0) is 26.9 Å². The van der Waals surface area contributed by atoms with Gasteiger partial charge in [-0.1, -0.05) is 13.8 Å². The Morgan fingerprint density at radius 3 is 2.61 bits per heavy atom. The first-order valence-corrected chi connectivity index (χ1v) is 6.90. The molecule has 3 N–H and O–H groups in total. The van der Waals surface area contributed by atoms with Crippen LogP contribution in [0.3, 0.4) is 0 Å². The minimum atomic E-state index is -0.622. The molecule has 5 heteroatoms. The van der Waals surface area contributed by atoms with E-state index in [9.17, 15) is 4.79 Å². The van der Waals surface area contributed by atoms with Crippen LogP contribution in [0.15, 0.2) is 0 Å². The quantitative estimate of drug-likeness (QED) is 0.695. The fraction of sp³-hybridized carbons (Fsp3) is 0.923. The van der Waals surface area contributed by atoms with Gasteiger partial charge < -0.3 is 16.0 Å². The third-order valence-electron chi connectivity index (χ3n) is 3.98. The average Bonchev–Trinajstić information content (AvgIpc) is 2.31. The Bertz CT molecular complexity index is 284. The molecular weight excluding hydrogens is 228 g/mol. The first-order chi connectivity index (χ1) is 8.42. The summed E-state index contributed by atoms with van der Waals surface area (Å²) in [5.74, 6) is -0.267. The predicted octanol–water partition coefficient (Wildman–Crippen LogP) is -0.134. The van der Waals surface area contributed by atoms with Crippen molar-refractivity contribution in [3.05, 3.63) is 0 Å². The van der Waals surface area contributed by atoms with Gasteiger partial charge in [0.05, 0.1) is 0 Å². The standard InChI is InChI=1S/C13H28N4O/c1-5-11-9-17(8-7-16(11)4)10-13(3,12(14)18)15-6-2/h11,15H,5-10H2,1-4H3,(H2,14,18). The van der Waals surface area contributed by atoms with E-state index in [0.717, 1.165) is 32.6 Å². The summed E-state index contributed by atoms with van der Waals surface area (Å²) in [7, 11) is 2.17. The number of hydrogen-bond donors (Lipinski definition) is 2. The number of nitrogens with zero attached hydrogens (tertiary/aromatic N) is 2. The Kier molecular flexibility index (Phi) is 5.56. The van der Waals surface area contributed by atoms with Gasteiger partial charge in [-0.15, -0.1) is 0 Å². The van der Waals surface area contributed by atoms with Crippen molar-refractivity contribution in [2.24, 2.45) is 5.73 Å². The number of nitrogens with one attached hydrogen (secondary N) is 1. The topological polar surface area (TPSA) is 61.6 Å². The normalized spacial score (nSPS) is 25.9. The smallest absolute Gasteiger partial charge is 0.238 e. The molecule has 1 amide bonds. The highest BCUT2D eigenvalue weighted by Gasteiger charge is 2.34. The van der Waals surface area contributed by atoms with Crippen molar-refractivity contribution in [1.29, 1.82) is 0 Å². The molecular formula is C13H28N4O. The van der Waals surface area contributed by atoms with Crippen LogP contribution < -0.4 is 11.1 Å². The Balaban J connectivity index is 2.62. The van der Waals surface area contributed by atoms with E-state index >= 15 is 0 Å². The van der Waals surface area contributed by atoms with E-state index in [1.165, 1.54) is 0 Å². The Hall–Kier alpha value is -0.650. The Morgan fingerprint density at radius 2 is 2.11 bits per heavy atom. The molecule has 0 saturated carbocycles. The lowest BCUT2D eigenvalue weighted by atomic mass is 9.99. The minimum Gasteiger partial charge on any atom is -0.368 e. The third-order valence-corrected chi connectivity index (χ3v) is 3.98. The van der Waals surface area contributed by atoms with E-state index < -0.39 is 5.54 Å². The molecule has 1 heterocycles.